The summed E-state index contributed by atoms with van der Waals surface area (Å²) < 4.78 is 5.48. The molecule has 0 unspecified atom stereocenters. The van der Waals surface area contributed by atoms with Gasteiger partial charge in [0.15, 0.2) is 12.4 Å². The van der Waals surface area contributed by atoms with E-state index in [2.05, 4.69) is 15.3 Å². The second-order valence-corrected chi connectivity index (χ2v) is 6.02. The molecule has 1 atom stereocenters. The lowest BCUT2D eigenvalue weighted by atomic mass is 10.1. The number of ketones is 1. The van der Waals surface area contributed by atoms with Gasteiger partial charge in [0.25, 0.3) is 5.91 Å². The number of H-pyrrole nitrogens is 1. The molecule has 3 aromatic rings. The number of Topliss-reactive ketones (excluding diaryl/α,β-unsaturated/α-hetero) is 1. The van der Waals surface area contributed by atoms with Gasteiger partial charge >= 0.3 is 0 Å². The fourth-order valence-corrected chi connectivity index (χ4v) is 2.62. The van der Waals surface area contributed by atoms with Crippen molar-refractivity contribution in [1.82, 2.24) is 15.3 Å². The molecule has 0 spiro atoms. The average Bonchev–Trinajstić information content (AvgIpc) is 3.10. The number of amides is 1. The van der Waals surface area contributed by atoms with Crippen molar-refractivity contribution in [2.24, 2.45) is 0 Å². The van der Waals surface area contributed by atoms with Crippen LogP contribution in [0.2, 0.25) is 0 Å². The lowest BCUT2D eigenvalue weighted by Gasteiger charge is -2.12. The highest BCUT2D eigenvalue weighted by molar-refractivity contribution is 5.95. The minimum Gasteiger partial charge on any atom is -0.484 e. The molecule has 6 nitrogen and oxygen atoms in total. The molecular weight excluding hydrogens is 330 g/mol. The first-order chi connectivity index (χ1) is 12.6. The summed E-state index contributed by atoms with van der Waals surface area (Å²) in [5.41, 5.74) is 2.44. The van der Waals surface area contributed by atoms with Gasteiger partial charge in [-0.15, -0.1) is 0 Å². The number of ether oxygens (including phenoxy) is 1. The van der Waals surface area contributed by atoms with E-state index in [0.717, 1.165) is 11.0 Å². The van der Waals surface area contributed by atoms with Crippen LogP contribution in [0.3, 0.4) is 0 Å². The van der Waals surface area contributed by atoms with Gasteiger partial charge in [-0.1, -0.05) is 19.1 Å². The van der Waals surface area contributed by atoms with E-state index in [1.807, 2.05) is 38.1 Å². The molecule has 6 heteroatoms. The van der Waals surface area contributed by atoms with Crippen LogP contribution in [0.25, 0.3) is 11.0 Å². The maximum absolute atomic E-state index is 12.1. The van der Waals surface area contributed by atoms with Crippen molar-refractivity contribution in [2.75, 3.05) is 6.61 Å². The van der Waals surface area contributed by atoms with E-state index in [1.165, 1.54) is 0 Å². The fourth-order valence-electron chi connectivity index (χ4n) is 2.62. The first kappa shape index (κ1) is 17.7. The molecule has 0 aliphatic heterocycles. The summed E-state index contributed by atoms with van der Waals surface area (Å²) in [5.74, 6) is 1.08. The predicted molar refractivity (Wildman–Crippen MR) is 99.2 cm³/mol. The van der Waals surface area contributed by atoms with Gasteiger partial charge in [-0.05, 0) is 43.3 Å². The minimum absolute atomic E-state index is 0.0777. The van der Waals surface area contributed by atoms with Crippen LogP contribution < -0.4 is 10.1 Å². The number of benzene rings is 2. The standard InChI is InChI=1S/C20H21N3O3/c1-3-18(24)14-8-10-15(11-9-14)26-12-19(25)21-13(2)20-22-16-6-4-5-7-17(16)23-20/h4-11,13H,3,12H2,1-2H3,(H,21,25)(H,22,23)/t13-/m0/s1. The number of imidazole rings is 1. The smallest absolute Gasteiger partial charge is 0.258 e. The van der Waals surface area contributed by atoms with Crippen molar-refractivity contribution < 1.29 is 14.3 Å². The molecule has 134 valence electrons. The number of nitrogens with one attached hydrogen (secondary N) is 2. The molecule has 1 aromatic heterocycles. The molecule has 0 aliphatic carbocycles. The number of para-hydroxylation sites is 2. The monoisotopic (exact) mass is 351 g/mol. The van der Waals surface area contributed by atoms with E-state index in [0.29, 0.717) is 23.6 Å². The largest absolute Gasteiger partial charge is 0.484 e. The normalized spacial score (nSPS) is 11.9. The number of carbonyl (C=O) groups is 2. The summed E-state index contributed by atoms with van der Waals surface area (Å²) >= 11 is 0. The van der Waals surface area contributed by atoms with E-state index >= 15 is 0 Å². The molecule has 0 saturated heterocycles. The summed E-state index contributed by atoms with van der Waals surface area (Å²) in [4.78, 5) is 31.4. The Morgan fingerprint density at radius 1 is 1.15 bits per heavy atom. The van der Waals surface area contributed by atoms with Crippen LogP contribution in [-0.2, 0) is 4.79 Å². The number of nitrogens with zero attached hydrogens (tertiary/aromatic N) is 1. The Labute approximate surface area is 151 Å². The van der Waals surface area contributed by atoms with Gasteiger partial charge in [-0.3, -0.25) is 9.59 Å². The molecule has 0 bridgehead atoms. The molecule has 0 aliphatic rings. The highest BCUT2D eigenvalue weighted by Crippen LogP contribution is 2.16. The van der Waals surface area contributed by atoms with Gasteiger partial charge in [0, 0.05) is 12.0 Å². The van der Waals surface area contributed by atoms with E-state index in [1.54, 1.807) is 24.3 Å². The van der Waals surface area contributed by atoms with Crippen molar-refractivity contribution in [1.29, 1.82) is 0 Å². The van der Waals surface area contributed by atoms with Crippen molar-refractivity contribution in [2.45, 2.75) is 26.3 Å². The van der Waals surface area contributed by atoms with Gasteiger partial charge < -0.3 is 15.0 Å². The van der Waals surface area contributed by atoms with Crippen molar-refractivity contribution in [3.63, 3.8) is 0 Å². The van der Waals surface area contributed by atoms with Crippen LogP contribution in [0.4, 0.5) is 0 Å². The average molecular weight is 351 g/mol. The van der Waals surface area contributed by atoms with Crippen LogP contribution in [0.15, 0.2) is 48.5 Å². The zero-order chi connectivity index (χ0) is 18.5. The molecule has 1 heterocycles. The molecule has 0 fully saturated rings. The van der Waals surface area contributed by atoms with Crippen LogP contribution in [0.5, 0.6) is 5.75 Å². The Bertz CT molecular complexity index is 882. The first-order valence-corrected chi connectivity index (χ1v) is 8.57. The Morgan fingerprint density at radius 3 is 2.58 bits per heavy atom. The van der Waals surface area contributed by atoms with Crippen LogP contribution in [0.1, 0.15) is 42.5 Å². The van der Waals surface area contributed by atoms with Gasteiger partial charge in [0.05, 0.1) is 17.1 Å². The molecule has 0 radical (unpaired) electrons. The number of hydrogen-bond donors (Lipinski definition) is 2. The summed E-state index contributed by atoms with van der Waals surface area (Å²) in [5, 5.41) is 2.85. The number of hydrogen-bond acceptors (Lipinski definition) is 4. The van der Waals surface area contributed by atoms with E-state index in [9.17, 15) is 9.59 Å². The molecule has 26 heavy (non-hydrogen) atoms. The number of rotatable bonds is 7. The summed E-state index contributed by atoms with van der Waals surface area (Å²) in [6.45, 7) is 3.58. The minimum atomic E-state index is -0.261. The van der Waals surface area contributed by atoms with Gasteiger partial charge in [0.2, 0.25) is 0 Å². The molecule has 2 aromatic carbocycles. The van der Waals surface area contributed by atoms with Gasteiger partial charge in [0.1, 0.15) is 11.6 Å². The summed E-state index contributed by atoms with van der Waals surface area (Å²) in [6.07, 6.45) is 0.461. The third-order valence-electron chi connectivity index (χ3n) is 4.06. The Kier molecular flexibility index (Phi) is 5.31. The fraction of sp³-hybridized carbons (Fsp3) is 0.250. The van der Waals surface area contributed by atoms with E-state index < -0.39 is 0 Å². The van der Waals surface area contributed by atoms with Crippen LogP contribution >= 0.6 is 0 Å². The second-order valence-electron chi connectivity index (χ2n) is 6.02. The number of carbonyl (C=O) groups excluding carboxylic acids is 2. The maximum Gasteiger partial charge on any atom is 0.258 e. The molecule has 3 rings (SSSR count). The summed E-state index contributed by atoms with van der Waals surface area (Å²) in [7, 11) is 0. The molecular formula is C20H21N3O3. The van der Waals surface area contributed by atoms with E-state index in [-0.39, 0.29) is 24.3 Å². The maximum atomic E-state index is 12.1. The lowest BCUT2D eigenvalue weighted by molar-refractivity contribution is -0.123. The predicted octanol–water partition coefficient (Wildman–Crippen LogP) is 3.41. The highest BCUT2D eigenvalue weighted by Gasteiger charge is 2.14. The number of aromatic nitrogens is 2. The summed E-state index contributed by atoms with van der Waals surface area (Å²) in [6, 6.07) is 14.2. The van der Waals surface area contributed by atoms with Crippen molar-refractivity contribution >= 4 is 22.7 Å². The zero-order valence-corrected chi connectivity index (χ0v) is 14.8. The topological polar surface area (TPSA) is 84.1 Å². The Balaban J connectivity index is 1.54. The van der Waals surface area contributed by atoms with Crippen molar-refractivity contribution in [3.05, 3.63) is 59.9 Å². The Morgan fingerprint density at radius 2 is 1.88 bits per heavy atom. The van der Waals surface area contributed by atoms with Crippen LogP contribution in [0, 0.1) is 0 Å². The lowest BCUT2D eigenvalue weighted by Crippen LogP contribution is -2.31. The van der Waals surface area contributed by atoms with Gasteiger partial charge in [-0.2, -0.15) is 0 Å². The Hall–Kier alpha value is -3.15. The molecule has 2 N–H and O–H groups in total. The third kappa shape index (κ3) is 4.08. The highest BCUT2D eigenvalue weighted by atomic mass is 16.5. The van der Waals surface area contributed by atoms with Crippen LogP contribution in [-0.4, -0.2) is 28.3 Å². The molecule has 0 saturated carbocycles. The second kappa shape index (κ2) is 7.82. The molecule has 1 amide bonds. The quantitative estimate of drug-likeness (QED) is 0.639. The number of aromatic amines is 1. The van der Waals surface area contributed by atoms with Crippen molar-refractivity contribution in [3.8, 4) is 5.75 Å². The van der Waals surface area contributed by atoms with Gasteiger partial charge in [-0.25, -0.2) is 4.98 Å². The zero-order valence-electron chi connectivity index (χ0n) is 14.8. The first-order valence-electron chi connectivity index (χ1n) is 8.57. The SMILES string of the molecule is CCC(=O)c1ccc(OCC(=O)N[C@@H](C)c2nc3ccccc3[nH]2)cc1. The van der Waals surface area contributed by atoms with E-state index in [4.69, 9.17) is 4.74 Å². The number of fused-ring (bicyclic) bond motifs is 1. The third-order valence-corrected chi connectivity index (χ3v) is 4.06.